The van der Waals surface area contributed by atoms with Gasteiger partial charge in [-0.3, -0.25) is 4.79 Å². The minimum atomic E-state index is -0.176. The molecule has 0 bridgehead atoms. The third-order valence-electron chi connectivity index (χ3n) is 3.27. The number of benzene rings is 1. The Hall–Kier alpha value is -2.54. The molecular formula is C16H15NO5S. The van der Waals surface area contributed by atoms with Crippen molar-refractivity contribution in [3.05, 3.63) is 34.7 Å². The molecule has 0 spiro atoms. The SMILES string of the molecule is COc1cc(/C=C/C(=O)c2csnc2OC)cc2c1OCCO2. The normalized spacial score (nSPS) is 13.1. The van der Waals surface area contributed by atoms with Crippen molar-refractivity contribution in [1.29, 1.82) is 0 Å². The maximum atomic E-state index is 12.2. The number of hydrogen-bond acceptors (Lipinski definition) is 7. The molecule has 0 fully saturated rings. The van der Waals surface area contributed by atoms with Crippen LogP contribution < -0.4 is 18.9 Å². The van der Waals surface area contributed by atoms with E-state index < -0.39 is 0 Å². The Morgan fingerprint density at radius 2 is 2.09 bits per heavy atom. The van der Waals surface area contributed by atoms with Crippen LogP contribution in [0.15, 0.2) is 23.6 Å². The average molecular weight is 333 g/mol. The summed E-state index contributed by atoms with van der Waals surface area (Å²) in [6.45, 7) is 0.974. The molecule has 0 unspecified atom stereocenters. The fourth-order valence-corrected chi connectivity index (χ4v) is 2.83. The van der Waals surface area contributed by atoms with Gasteiger partial charge in [-0.2, -0.15) is 4.37 Å². The van der Waals surface area contributed by atoms with Gasteiger partial charge in [0.15, 0.2) is 17.3 Å². The van der Waals surface area contributed by atoms with Crippen molar-refractivity contribution in [3.8, 4) is 23.1 Å². The molecule has 1 aromatic heterocycles. The van der Waals surface area contributed by atoms with E-state index in [9.17, 15) is 4.79 Å². The Morgan fingerprint density at radius 1 is 1.26 bits per heavy atom. The highest BCUT2D eigenvalue weighted by molar-refractivity contribution is 7.04. The molecule has 3 rings (SSSR count). The highest BCUT2D eigenvalue weighted by Crippen LogP contribution is 2.40. The molecule has 1 aromatic carbocycles. The van der Waals surface area contributed by atoms with Crippen molar-refractivity contribution in [2.45, 2.75) is 0 Å². The molecule has 0 atom stereocenters. The molecule has 0 amide bonds. The Kier molecular flexibility index (Phi) is 4.47. The zero-order valence-corrected chi connectivity index (χ0v) is 13.5. The number of aromatic nitrogens is 1. The van der Waals surface area contributed by atoms with Gasteiger partial charge in [-0.25, -0.2) is 0 Å². The molecule has 0 saturated carbocycles. The third-order valence-corrected chi connectivity index (χ3v) is 3.89. The van der Waals surface area contributed by atoms with Crippen molar-refractivity contribution in [2.24, 2.45) is 0 Å². The Labute approximate surface area is 137 Å². The van der Waals surface area contributed by atoms with Crippen LogP contribution in [0.5, 0.6) is 23.1 Å². The van der Waals surface area contributed by atoms with Crippen LogP contribution in [0.2, 0.25) is 0 Å². The molecule has 6 nitrogen and oxygen atoms in total. The number of methoxy groups -OCH3 is 2. The van der Waals surface area contributed by atoms with Crippen LogP contribution in [0, 0.1) is 0 Å². The van der Waals surface area contributed by atoms with E-state index in [0.717, 1.165) is 5.56 Å². The maximum Gasteiger partial charge on any atom is 0.236 e. The molecule has 2 aromatic rings. The first-order valence-corrected chi connectivity index (χ1v) is 7.75. The van der Waals surface area contributed by atoms with E-state index in [1.165, 1.54) is 24.7 Å². The molecule has 2 heterocycles. The monoisotopic (exact) mass is 333 g/mol. The first kappa shape index (κ1) is 15.4. The van der Waals surface area contributed by atoms with Gasteiger partial charge in [-0.05, 0) is 35.3 Å². The number of nitrogens with zero attached hydrogens (tertiary/aromatic N) is 1. The molecule has 0 N–H and O–H groups in total. The fourth-order valence-electron chi connectivity index (χ4n) is 2.19. The summed E-state index contributed by atoms with van der Waals surface area (Å²) in [4.78, 5) is 12.2. The predicted molar refractivity (Wildman–Crippen MR) is 86.0 cm³/mol. The van der Waals surface area contributed by atoms with Gasteiger partial charge in [0.05, 0.1) is 19.8 Å². The number of ether oxygens (including phenoxy) is 4. The lowest BCUT2D eigenvalue weighted by Gasteiger charge is -2.20. The van der Waals surface area contributed by atoms with Crippen molar-refractivity contribution >= 4 is 23.4 Å². The Morgan fingerprint density at radius 3 is 2.87 bits per heavy atom. The fraction of sp³-hybridized carbons (Fsp3) is 0.250. The van der Waals surface area contributed by atoms with Crippen LogP contribution in [0.3, 0.4) is 0 Å². The van der Waals surface area contributed by atoms with E-state index in [4.69, 9.17) is 18.9 Å². The van der Waals surface area contributed by atoms with Crippen LogP contribution >= 0.6 is 11.5 Å². The summed E-state index contributed by atoms with van der Waals surface area (Å²) < 4.78 is 25.5. The largest absolute Gasteiger partial charge is 0.493 e. The second-order valence-corrected chi connectivity index (χ2v) is 5.31. The van der Waals surface area contributed by atoms with Gasteiger partial charge in [0.25, 0.3) is 0 Å². The van der Waals surface area contributed by atoms with Crippen molar-refractivity contribution in [1.82, 2.24) is 4.37 Å². The van der Waals surface area contributed by atoms with Gasteiger partial charge in [0.2, 0.25) is 11.6 Å². The summed E-state index contributed by atoms with van der Waals surface area (Å²) in [5.41, 5.74) is 1.22. The van der Waals surface area contributed by atoms with Crippen LogP contribution in [0.4, 0.5) is 0 Å². The minimum Gasteiger partial charge on any atom is -0.493 e. The van der Waals surface area contributed by atoms with Crippen LogP contribution in [-0.2, 0) is 0 Å². The molecule has 0 radical (unpaired) electrons. The number of allylic oxidation sites excluding steroid dienone is 1. The van der Waals surface area contributed by atoms with Gasteiger partial charge >= 0.3 is 0 Å². The lowest BCUT2D eigenvalue weighted by Crippen LogP contribution is -2.16. The number of ketones is 1. The average Bonchev–Trinajstić information content (AvgIpc) is 3.07. The number of carbonyl (C=O) groups excluding carboxylic acids is 1. The van der Waals surface area contributed by atoms with Gasteiger partial charge in [0.1, 0.15) is 13.2 Å². The number of carbonyl (C=O) groups is 1. The smallest absolute Gasteiger partial charge is 0.236 e. The zero-order chi connectivity index (χ0) is 16.2. The van der Waals surface area contributed by atoms with Crippen LogP contribution in [0.1, 0.15) is 15.9 Å². The second kappa shape index (κ2) is 6.70. The van der Waals surface area contributed by atoms with E-state index in [0.29, 0.717) is 41.9 Å². The molecule has 1 aliphatic rings. The number of hydrogen-bond donors (Lipinski definition) is 0. The molecular weight excluding hydrogens is 318 g/mol. The van der Waals surface area contributed by atoms with Crippen LogP contribution in [-0.4, -0.2) is 37.6 Å². The quantitative estimate of drug-likeness (QED) is 0.619. The van der Waals surface area contributed by atoms with Crippen molar-refractivity contribution in [2.75, 3.05) is 27.4 Å². The third kappa shape index (κ3) is 3.14. The van der Waals surface area contributed by atoms with E-state index >= 15 is 0 Å². The Bertz CT molecular complexity index is 736. The molecule has 1 aliphatic heterocycles. The van der Waals surface area contributed by atoms with E-state index in [2.05, 4.69) is 4.37 Å². The lowest BCUT2D eigenvalue weighted by molar-refractivity contribution is 0.104. The van der Waals surface area contributed by atoms with Crippen molar-refractivity contribution in [3.63, 3.8) is 0 Å². The Balaban J connectivity index is 1.86. The molecule has 23 heavy (non-hydrogen) atoms. The summed E-state index contributed by atoms with van der Waals surface area (Å²) in [6, 6.07) is 3.60. The zero-order valence-electron chi connectivity index (χ0n) is 12.7. The maximum absolute atomic E-state index is 12.2. The van der Waals surface area contributed by atoms with E-state index in [1.807, 2.05) is 6.07 Å². The standard InChI is InChI=1S/C16H15NO5S/c1-19-13-7-10(8-14-15(13)22-6-5-21-14)3-4-12(18)11-9-23-17-16(11)20-2/h3-4,7-9H,5-6H2,1-2H3/b4-3+. The summed E-state index contributed by atoms with van der Waals surface area (Å²) in [5.74, 6) is 1.93. The number of fused-ring (bicyclic) bond motifs is 1. The van der Waals surface area contributed by atoms with Gasteiger partial charge < -0.3 is 18.9 Å². The summed E-state index contributed by atoms with van der Waals surface area (Å²) in [5, 5.41) is 1.66. The van der Waals surface area contributed by atoms with Gasteiger partial charge in [-0.1, -0.05) is 6.08 Å². The summed E-state index contributed by atoms with van der Waals surface area (Å²) >= 11 is 1.18. The molecule has 0 saturated heterocycles. The minimum absolute atomic E-state index is 0.176. The van der Waals surface area contributed by atoms with Gasteiger partial charge in [0, 0.05) is 5.38 Å². The number of rotatable bonds is 5. The highest BCUT2D eigenvalue weighted by atomic mass is 32.1. The van der Waals surface area contributed by atoms with E-state index in [1.54, 1.807) is 24.6 Å². The summed E-state index contributed by atoms with van der Waals surface area (Å²) in [6.07, 6.45) is 3.16. The van der Waals surface area contributed by atoms with Gasteiger partial charge in [-0.15, -0.1) is 0 Å². The first-order chi connectivity index (χ1) is 11.2. The molecule has 120 valence electrons. The predicted octanol–water partition coefficient (Wildman–Crippen LogP) is 2.83. The highest BCUT2D eigenvalue weighted by Gasteiger charge is 2.18. The van der Waals surface area contributed by atoms with Crippen molar-refractivity contribution < 1.29 is 23.7 Å². The lowest BCUT2D eigenvalue weighted by atomic mass is 10.1. The first-order valence-electron chi connectivity index (χ1n) is 6.91. The summed E-state index contributed by atoms with van der Waals surface area (Å²) in [7, 11) is 3.05. The van der Waals surface area contributed by atoms with E-state index in [-0.39, 0.29) is 5.78 Å². The second-order valence-electron chi connectivity index (χ2n) is 4.68. The topological polar surface area (TPSA) is 66.9 Å². The molecule has 0 aliphatic carbocycles. The molecule has 7 heteroatoms. The van der Waals surface area contributed by atoms with Crippen LogP contribution in [0.25, 0.3) is 6.08 Å².